The van der Waals surface area contributed by atoms with E-state index in [9.17, 15) is 4.79 Å². The highest BCUT2D eigenvalue weighted by Gasteiger charge is 2.41. The molecule has 1 aromatic heterocycles. The van der Waals surface area contributed by atoms with Crippen LogP contribution in [0.1, 0.15) is 25.5 Å². The second kappa shape index (κ2) is 6.92. The first-order valence-electron chi connectivity index (χ1n) is 7.93. The van der Waals surface area contributed by atoms with Crippen LogP contribution >= 0.6 is 15.9 Å². The van der Waals surface area contributed by atoms with Gasteiger partial charge in [0.15, 0.2) is 4.45 Å². The summed E-state index contributed by atoms with van der Waals surface area (Å²) >= 11 is 3.73. The highest BCUT2D eigenvalue weighted by molar-refractivity contribution is 9.09. The second-order valence-electron chi connectivity index (χ2n) is 6.09. The minimum absolute atomic E-state index is 0.114. The normalized spacial score (nSPS) is 23.9. The van der Waals surface area contributed by atoms with Crippen LogP contribution in [0.5, 0.6) is 0 Å². The van der Waals surface area contributed by atoms with Crippen LogP contribution in [0.25, 0.3) is 0 Å². The quantitative estimate of drug-likeness (QED) is 0.498. The number of hydrogen-bond donors (Lipinski definition) is 3. The van der Waals surface area contributed by atoms with Crippen molar-refractivity contribution in [3.8, 4) is 0 Å². The molecule has 8 nitrogen and oxygen atoms in total. The van der Waals surface area contributed by atoms with E-state index in [1.54, 1.807) is 6.20 Å². The topological polar surface area (TPSA) is 101 Å². The highest BCUT2D eigenvalue weighted by Crippen LogP contribution is 2.37. The lowest BCUT2D eigenvalue weighted by Crippen LogP contribution is -2.39. The molecule has 130 valence electrons. The summed E-state index contributed by atoms with van der Waals surface area (Å²) in [5.74, 6) is 2.15. The number of carbonyl (C=O) groups excluding carboxylic acids is 1. The molecule has 2 aliphatic rings. The molecule has 1 saturated carbocycles. The number of anilines is 1. The number of aromatic nitrogens is 2. The second-order valence-corrected chi connectivity index (χ2v) is 7.44. The van der Waals surface area contributed by atoms with Gasteiger partial charge in [-0.15, -0.1) is 0 Å². The average molecular weight is 397 g/mol. The SMILES string of the molecule is COC(=O)NC(C)CNc1nccc(C2(Br)CN=C(C3CC3)N2)n1. The zero-order valence-electron chi connectivity index (χ0n) is 13.7. The van der Waals surface area contributed by atoms with Gasteiger partial charge in [-0.3, -0.25) is 4.99 Å². The van der Waals surface area contributed by atoms with E-state index >= 15 is 0 Å². The van der Waals surface area contributed by atoms with Gasteiger partial charge in [-0.25, -0.2) is 14.8 Å². The van der Waals surface area contributed by atoms with Crippen LogP contribution in [0.15, 0.2) is 17.3 Å². The fourth-order valence-electron chi connectivity index (χ4n) is 2.43. The van der Waals surface area contributed by atoms with E-state index in [0.29, 0.717) is 25.0 Å². The molecule has 3 rings (SSSR count). The summed E-state index contributed by atoms with van der Waals surface area (Å²) in [5, 5.41) is 9.25. The largest absolute Gasteiger partial charge is 0.453 e. The van der Waals surface area contributed by atoms with Crippen LogP contribution in [0.2, 0.25) is 0 Å². The molecule has 1 aliphatic heterocycles. The summed E-state index contributed by atoms with van der Waals surface area (Å²) < 4.78 is 4.10. The van der Waals surface area contributed by atoms with Crippen molar-refractivity contribution in [3.05, 3.63) is 18.0 Å². The molecule has 24 heavy (non-hydrogen) atoms. The van der Waals surface area contributed by atoms with Crippen molar-refractivity contribution in [1.82, 2.24) is 20.6 Å². The fraction of sp³-hybridized carbons (Fsp3) is 0.600. The van der Waals surface area contributed by atoms with Gasteiger partial charge in [-0.1, -0.05) is 15.9 Å². The van der Waals surface area contributed by atoms with E-state index in [-0.39, 0.29) is 6.04 Å². The minimum Gasteiger partial charge on any atom is -0.453 e. The van der Waals surface area contributed by atoms with Gasteiger partial charge in [-0.05, 0) is 25.8 Å². The molecule has 0 saturated heterocycles. The third-order valence-corrected chi connectivity index (χ3v) is 4.79. The van der Waals surface area contributed by atoms with Gasteiger partial charge in [0.1, 0.15) is 5.84 Å². The maximum atomic E-state index is 11.2. The summed E-state index contributed by atoms with van der Waals surface area (Å²) in [5.41, 5.74) is 0.827. The Hall–Kier alpha value is -1.90. The number of aliphatic imine (C=N–C) groups is 1. The molecule has 0 spiro atoms. The van der Waals surface area contributed by atoms with Gasteiger partial charge in [0.2, 0.25) is 5.95 Å². The molecular formula is C15H21BrN6O2. The van der Waals surface area contributed by atoms with Crippen LogP contribution < -0.4 is 16.0 Å². The van der Waals surface area contributed by atoms with Crippen molar-refractivity contribution in [2.45, 2.75) is 30.3 Å². The Balaban J connectivity index is 1.59. The molecule has 0 aromatic carbocycles. The standard InChI is InChI=1S/C15H21BrN6O2/c1-9(20-14(23)24-2)7-18-13-17-6-5-11(21-13)15(16)8-19-12(22-15)10-3-4-10/h5-6,9-10H,3-4,7-8H2,1-2H3,(H,19,22)(H,20,23)(H,17,18,21). The molecule has 2 atom stereocenters. The molecule has 1 fully saturated rings. The van der Waals surface area contributed by atoms with Crippen LogP contribution in [-0.2, 0) is 9.19 Å². The van der Waals surface area contributed by atoms with E-state index in [1.165, 1.54) is 20.0 Å². The monoisotopic (exact) mass is 396 g/mol. The summed E-state index contributed by atoms with van der Waals surface area (Å²) in [6.45, 7) is 2.97. The first-order chi connectivity index (χ1) is 11.5. The number of carbonyl (C=O) groups is 1. The van der Waals surface area contributed by atoms with Gasteiger partial charge in [-0.2, -0.15) is 0 Å². The number of halogens is 1. The molecule has 9 heteroatoms. The Bertz CT molecular complexity index is 651. The van der Waals surface area contributed by atoms with Crippen molar-refractivity contribution < 1.29 is 9.53 Å². The number of ether oxygens (including phenoxy) is 1. The number of nitrogens with zero attached hydrogens (tertiary/aromatic N) is 3. The molecular weight excluding hydrogens is 376 g/mol. The van der Waals surface area contributed by atoms with E-state index in [1.807, 2.05) is 13.0 Å². The molecule has 3 N–H and O–H groups in total. The smallest absolute Gasteiger partial charge is 0.407 e. The molecule has 0 radical (unpaired) electrons. The predicted molar refractivity (Wildman–Crippen MR) is 94.3 cm³/mol. The Morgan fingerprint density at radius 2 is 2.38 bits per heavy atom. The molecule has 0 bridgehead atoms. The fourth-order valence-corrected chi connectivity index (χ4v) is 2.98. The molecule has 2 unspecified atom stereocenters. The van der Waals surface area contributed by atoms with Gasteiger partial charge in [0, 0.05) is 24.7 Å². The number of nitrogens with one attached hydrogen (secondary N) is 3. The minimum atomic E-state index is -0.472. The number of amidine groups is 1. The summed E-state index contributed by atoms with van der Waals surface area (Å²) in [6.07, 6.45) is 3.66. The zero-order valence-corrected chi connectivity index (χ0v) is 15.3. The van der Waals surface area contributed by atoms with Crippen LogP contribution in [-0.4, -0.2) is 48.1 Å². The summed E-state index contributed by atoms with van der Waals surface area (Å²) in [4.78, 5) is 24.6. The number of hydrogen-bond acceptors (Lipinski definition) is 7. The molecule has 1 aromatic rings. The van der Waals surface area contributed by atoms with Gasteiger partial charge in [0.05, 0.1) is 19.3 Å². The van der Waals surface area contributed by atoms with Crippen molar-refractivity contribution in [3.63, 3.8) is 0 Å². The number of methoxy groups -OCH3 is 1. The van der Waals surface area contributed by atoms with Crippen molar-refractivity contribution in [2.24, 2.45) is 10.9 Å². The molecule has 2 heterocycles. The Labute approximate surface area is 149 Å². The Kier molecular flexibility index (Phi) is 4.88. The Morgan fingerprint density at radius 1 is 1.58 bits per heavy atom. The van der Waals surface area contributed by atoms with Crippen molar-refractivity contribution in [2.75, 3.05) is 25.5 Å². The maximum absolute atomic E-state index is 11.2. The number of amides is 1. The first-order valence-corrected chi connectivity index (χ1v) is 8.73. The zero-order chi connectivity index (χ0) is 17.2. The number of alkyl halides is 1. The third kappa shape index (κ3) is 3.95. The van der Waals surface area contributed by atoms with Crippen LogP contribution in [0.4, 0.5) is 10.7 Å². The van der Waals surface area contributed by atoms with Gasteiger partial charge in [0.25, 0.3) is 0 Å². The molecule has 1 aliphatic carbocycles. The van der Waals surface area contributed by atoms with Gasteiger partial charge >= 0.3 is 6.09 Å². The summed E-state index contributed by atoms with van der Waals surface area (Å²) in [6, 6.07) is 1.76. The first kappa shape index (κ1) is 16.9. The lowest BCUT2D eigenvalue weighted by molar-refractivity contribution is 0.168. The lowest BCUT2D eigenvalue weighted by Gasteiger charge is -2.22. The van der Waals surface area contributed by atoms with Crippen LogP contribution in [0.3, 0.4) is 0 Å². The van der Waals surface area contributed by atoms with Crippen molar-refractivity contribution >= 4 is 33.8 Å². The predicted octanol–water partition coefficient (Wildman–Crippen LogP) is 1.59. The van der Waals surface area contributed by atoms with Crippen LogP contribution in [0, 0.1) is 5.92 Å². The average Bonchev–Trinajstić information content (AvgIpc) is 3.35. The van der Waals surface area contributed by atoms with E-state index in [2.05, 4.69) is 51.6 Å². The van der Waals surface area contributed by atoms with E-state index < -0.39 is 10.5 Å². The summed E-state index contributed by atoms with van der Waals surface area (Å²) in [7, 11) is 1.34. The maximum Gasteiger partial charge on any atom is 0.407 e. The van der Waals surface area contributed by atoms with Crippen molar-refractivity contribution in [1.29, 1.82) is 0 Å². The Morgan fingerprint density at radius 3 is 3.08 bits per heavy atom. The third-order valence-electron chi connectivity index (χ3n) is 3.94. The number of rotatable bonds is 6. The highest BCUT2D eigenvalue weighted by atomic mass is 79.9. The van der Waals surface area contributed by atoms with E-state index in [4.69, 9.17) is 0 Å². The van der Waals surface area contributed by atoms with Gasteiger partial charge < -0.3 is 20.7 Å². The number of alkyl carbamates (subject to hydrolysis) is 1. The lowest BCUT2D eigenvalue weighted by atomic mass is 10.2. The van der Waals surface area contributed by atoms with E-state index in [0.717, 1.165) is 11.5 Å². The molecule has 1 amide bonds.